The van der Waals surface area contributed by atoms with Crippen LogP contribution in [0.2, 0.25) is 0 Å². The van der Waals surface area contributed by atoms with Crippen molar-refractivity contribution in [3.8, 4) is 0 Å². The lowest BCUT2D eigenvalue weighted by Gasteiger charge is -2.44. The Hall–Kier alpha value is -3.12. The van der Waals surface area contributed by atoms with Gasteiger partial charge in [0.1, 0.15) is 12.3 Å². The standard InChI is InChI=1S/C20H23N3O8S/c1-11(24)16-15-8-13(17(19(26)27)22(15)18(16)25)10-32-7-6-21-20(28)31-9-12-2-4-14(5-3-12)23(29)30/h2-5,11,15-16,24H,6-10H2,1H3,(H,21,28)(H,26,27)/t11-,15-,16-/m1/s1. The molecule has 3 N–H and O–H groups in total. The number of carboxylic acid groups (broad SMARTS) is 1. The van der Waals surface area contributed by atoms with Gasteiger partial charge in [0, 0.05) is 30.2 Å². The van der Waals surface area contributed by atoms with Gasteiger partial charge in [-0.05, 0) is 36.6 Å². The molecule has 1 fully saturated rings. The lowest BCUT2D eigenvalue weighted by molar-refractivity contribution is -0.384. The Kier molecular flexibility index (Phi) is 7.36. The first-order valence-corrected chi connectivity index (χ1v) is 11.0. The van der Waals surface area contributed by atoms with Gasteiger partial charge in [-0.2, -0.15) is 11.8 Å². The summed E-state index contributed by atoms with van der Waals surface area (Å²) in [5.41, 5.74) is 1.21. The highest BCUT2D eigenvalue weighted by Gasteiger charge is 2.56. The second-order valence-corrected chi connectivity index (χ2v) is 8.59. The number of carbonyl (C=O) groups is 3. The Labute approximate surface area is 187 Å². The van der Waals surface area contributed by atoms with Crippen LogP contribution in [-0.2, 0) is 20.9 Å². The first-order chi connectivity index (χ1) is 15.2. The molecule has 0 spiro atoms. The van der Waals surface area contributed by atoms with E-state index in [0.29, 0.717) is 35.6 Å². The molecule has 0 unspecified atom stereocenters. The molecule has 32 heavy (non-hydrogen) atoms. The van der Waals surface area contributed by atoms with Crippen LogP contribution in [0.1, 0.15) is 18.9 Å². The fourth-order valence-corrected chi connectivity index (χ4v) is 4.72. The number of aliphatic hydroxyl groups is 1. The maximum atomic E-state index is 12.2. The number of nitrogens with zero attached hydrogens (tertiary/aromatic N) is 2. The number of β-lactam (4-membered cyclic amide) rings is 1. The van der Waals surface area contributed by atoms with Crippen molar-refractivity contribution >= 4 is 35.4 Å². The third-order valence-corrected chi connectivity index (χ3v) is 6.38. The van der Waals surface area contributed by atoms with Gasteiger partial charge < -0.3 is 25.2 Å². The van der Waals surface area contributed by atoms with Gasteiger partial charge in [-0.1, -0.05) is 0 Å². The first kappa shape index (κ1) is 23.5. The van der Waals surface area contributed by atoms with Crippen LogP contribution in [0, 0.1) is 16.0 Å². The van der Waals surface area contributed by atoms with Gasteiger partial charge in [-0.25, -0.2) is 9.59 Å². The van der Waals surface area contributed by atoms with Crippen molar-refractivity contribution in [3.05, 3.63) is 51.2 Å². The Balaban J connectivity index is 1.39. The molecule has 0 aromatic heterocycles. The fourth-order valence-electron chi connectivity index (χ4n) is 3.82. The van der Waals surface area contributed by atoms with Crippen LogP contribution in [0.5, 0.6) is 0 Å². The van der Waals surface area contributed by atoms with Gasteiger partial charge in [-0.15, -0.1) is 0 Å². The second-order valence-electron chi connectivity index (χ2n) is 7.48. The molecule has 0 radical (unpaired) electrons. The molecule has 2 aliphatic rings. The number of nitrogens with one attached hydrogen (secondary N) is 1. The van der Waals surface area contributed by atoms with E-state index in [1.807, 2.05) is 0 Å². The number of fused-ring (bicyclic) bond motifs is 1. The van der Waals surface area contributed by atoms with E-state index < -0.39 is 29.0 Å². The summed E-state index contributed by atoms with van der Waals surface area (Å²) in [6.45, 7) is 1.79. The number of ether oxygens (including phenoxy) is 1. The highest BCUT2D eigenvalue weighted by molar-refractivity contribution is 7.99. The third kappa shape index (κ3) is 5.02. The van der Waals surface area contributed by atoms with E-state index in [4.69, 9.17) is 4.74 Å². The van der Waals surface area contributed by atoms with Crippen molar-refractivity contribution in [2.45, 2.75) is 32.1 Å². The number of aliphatic carboxylic acids is 1. The summed E-state index contributed by atoms with van der Waals surface area (Å²) >= 11 is 1.42. The van der Waals surface area contributed by atoms with Gasteiger partial charge >= 0.3 is 12.1 Å². The van der Waals surface area contributed by atoms with Crippen molar-refractivity contribution in [1.82, 2.24) is 10.2 Å². The smallest absolute Gasteiger partial charge is 0.407 e. The topological polar surface area (TPSA) is 159 Å². The number of nitro groups is 1. The van der Waals surface area contributed by atoms with Gasteiger partial charge in [0.25, 0.3) is 5.69 Å². The molecule has 2 heterocycles. The molecule has 0 bridgehead atoms. The largest absolute Gasteiger partial charge is 0.477 e. The molecule has 0 saturated carbocycles. The van der Waals surface area contributed by atoms with Crippen molar-refractivity contribution < 1.29 is 34.3 Å². The lowest BCUT2D eigenvalue weighted by atomic mass is 9.83. The molecule has 1 aromatic rings. The molecule has 172 valence electrons. The molecule has 2 amide bonds. The number of alkyl carbamates (subject to hydrolysis) is 1. The average Bonchev–Trinajstić information content (AvgIpc) is 3.06. The molecule has 11 nitrogen and oxygen atoms in total. The van der Waals surface area contributed by atoms with Gasteiger partial charge in [0.15, 0.2) is 0 Å². The molecule has 3 atom stereocenters. The monoisotopic (exact) mass is 465 g/mol. The van der Waals surface area contributed by atoms with Gasteiger partial charge in [0.05, 0.1) is 23.0 Å². The Morgan fingerprint density at radius 2 is 2.06 bits per heavy atom. The van der Waals surface area contributed by atoms with Crippen LogP contribution in [0.15, 0.2) is 35.5 Å². The minimum absolute atomic E-state index is 0.000123. The van der Waals surface area contributed by atoms with Gasteiger partial charge in [-0.3, -0.25) is 14.9 Å². The van der Waals surface area contributed by atoms with Crippen molar-refractivity contribution in [3.63, 3.8) is 0 Å². The summed E-state index contributed by atoms with van der Waals surface area (Å²) in [6.07, 6.45) is -1.04. The molecule has 1 aromatic carbocycles. The van der Waals surface area contributed by atoms with Crippen LogP contribution in [-0.4, -0.2) is 68.2 Å². The van der Waals surface area contributed by atoms with Crippen LogP contribution < -0.4 is 5.32 Å². The van der Waals surface area contributed by atoms with E-state index in [2.05, 4.69) is 5.32 Å². The Morgan fingerprint density at radius 3 is 2.66 bits per heavy atom. The van der Waals surface area contributed by atoms with E-state index in [1.165, 1.54) is 47.9 Å². The number of non-ortho nitro benzene ring substituents is 1. The molecule has 3 rings (SSSR count). The second kappa shape index (κ2) is 10.0. The third-order valence-electron chi connectivity index (χ3n) is 5.33. The molecule has 12 heteroatoms. The summed E-state index contributed by atoms with van der Waals surface area (Å²) in [5.74, 6) is -1.19. The normalized spacial score (nSPS) is 20.4. The fraction of sp³-hybridized carbons (Fsp3) is 0.450. The summed E-state index contributed by atoms with van der Waals surface area (Å²) in [5, 5.41) is 32.4. The SMILES string of the molecule is C[C@@H](O)[C@H]1C(=O)N2C(C(=O)O)=C(CSCCNC(=O)OCc3ccc([N+](=O)[O-])cc3)C[C@H]12. The number of benzene rings is 1. The number of nitro benzene ring substituents is 1. The maximum Gasteiger partial charge on any atom is 0.407 e. The van der Waals surface area contributed by atoms with E-state index in [0.717, 1.165) is 0 Å². The van der Waals surface area contributed by atoms with Crippen LogP contribution in [0.25, 0.3) is 0 Å². The van der Waals surface area contributed by atoms with Crippen LogP contribution >= 0.6 is 11.8 Å². The summed E-state index contributed by atoms with van der Waals surface area (Å²) in [6, 6.07) is 5.36. The molecule has 1 saturated heterocycles. The van der Waals surface area contributed by atoms with Gasteiger partial charge in [0.2, 0.25) is 5.91 Å². The zero-order valence-electron chi connectivity index (χ0n) is 17.2. The van der Waals surface area contributed by atoms with E-state index in [-0.39, 0.29) is 29.9 Å². The number of hydrogen-bond acceptors (Lipinski definition) is 8. The van der Waals surface area contributed by atoms with Crippen LogP contribution in [0.4, 0.5) is 10.5 Å². The summed E-state index contributed by atoms with van der Waals surface area (Å²) < 4.78 is 5.06. The molecule has 0 aliphatic carbocycles. The van der Waals surface area contributed by atoms with Crippen LogP contribution in [0.3, 0.4) is 0 Å². The number of aliphatic hydroxyl groups excluding tert-OH is 1. The van der Waals surface area contributed by atoms with Crippen molar-refractivity contribution in [1.29, 1.82) is 0 Å². The molecular formula is C20H23N3O8S. The predicted octanol–water partition coefficient (Wildman–Crippen LogP) is 1.50. The zero-order chi connectivity index (χ0) is 23.4. The van der Waals surface area contributed by atoms with E-state index >= 15 is 0 Å². The van der Waals surface area contributed by atoms with E-state index in [1.54, 1.807) is 0 Å². The predicted molar refractivity (Wildman–Crippen MR) is 114 cm³/mol. The van der Waals surface area contributed by atoms with E-state index in [9.17, 15) is 34.7 Å². The highest BCUT2D eigenvalue weighted by Crippen LogP contribution is 2.44. The summed E-state index contributed by atoms with van der Waals surface area (Å²) in [4.78, 5) is 46.9. The molecular weight excluding hydrogens is 442 g/mol. The quantitative estimate of drug-likeness (QED) is 0.201. The highest BCUT2D eigenvalue weighted by atomic mass is 32.2. The first-order valence-electron chi connectivity index (χ1n) is 9.89. The number of carboxylic acids is 1. The summed E-state index contributed by atoms with van der Waals surface area (Å²) in [7, 11) is 0. The maximum absolute atomic E-state index is 12.2. The Morgan fingerprint density at radius 1 is 1.38 bits per heavy atom. The minimum Gasteiger partial charge on any atom is -0.477 e. The molecule has 2 aliphatic heterocycles. The number of hydrogen-bond donors (Lipinski definition) is 3. The number of amides is 2. The van der Waals surface area contributed by atoms with Crippen molar-refractivity contribution in [2.24, 2.45) is 5.92 Å². The number of thioether (sulfide) groups is 1. The number of carbonyl (C=O) groups excluding carboxylic acids is 2. The zero-order valence-corrected chi connectivity index (χ0v) is 18.0. The Bertz CT molecular complexity index is 947. The average molecular weight is 465 g/mol. The van der Waals surface area contributed by atoms with Crippen molar-refractivity contribution in [2.75, 3.05) is 18.1 Å². The number of rotatable bonds is 10. The minimum atomic E-state index is -1.16. The lowest BCUT2D eigenvalue weighted by Crippen LogP contribution is -2.61.